The molecule has 2 rings (SSSR count). The number of amides is 2. The minimum Gasteiger partial charge on any atom is -0.383 e. The summed E-state index contributed by atoms with van der Waals surface area (Å²) in [5.74, 6) is -0.625. The molecule has 0 bridgehead atoms. The fraction of sp³-hybridized carbons (Fsp3) is 0.579. The average molecular weight is 347 g/mol. The number of carbonyl (C=O) groups is 2. The number of nitrogens with one attached hydrogen (secondary N) is 1. The first-order chi connectivity index (χ1) is 11.8. The lowest BCUT2D eigenvalue weighted by molar-refractivity contribution is -0.143. The first-order valence-corrected chi connectivity index (χ1v) is 8.85. The summed E-state index contributed by atoms with van der Waals surface area (Å²) in [6, 6.07) is 8.51. The summed E-state index contributed by atoms with van der Waals surface area (Å²) in [6.07, 6.45) is 2.18. The molecule has 138 valence electrons. The number of hydrogen-bond acceptors (Lipinski definition) is 4. The van der Waals surface area contributed by atoms with Crippen LogP contribution in [0.4, 0.5) is 0 Å². The monoisotopic (exact) mass is 347 g/mol. The van der Waals surface area contributed by atoms with Crippen molar-refractivity contribution in [3.05, 3.63) is 35.9 Å². The zero-order chi connectivity index (χ0) is 18.6. The van der Waals surface area contributed by atoms with Crippen LogP contribution in [0.1, 0.15) is 38.7 Å². The number of carbonyl (C=O) groups excluding carboxylic acids is 2. The number of hydrogen-bond donors (Lipinski definition) is 3. The van der Waals surface area contributed by atoms with Crippen LogP contribution in [0.2, 0.25) is 0 Å². The summed E-state index contributed by atoms with van der Waals surface area (Å²) in [7, 11) is 1.70. The maximum Gasteiger partial charge on any atom is 0.245 e. The third-order valence-electron chi connectivity index (χ3n) is 5.11. The number of aliphatic hydroxyl groups is 1. The minimum absolute atomic E-state index is 0.0725. The fourth-order valence-electron chi connectivity index (χ4n) is 3.67. The lowest BCUT2D eigenvalue weighted by atomic mass is 9.87. The van der Waals surface area contributed by atoms with Crippen molar-refractivity contribution < 1.29 is 14.7 Å². The molecule has 1 aromatic carbocycles. The van der Waals surface area contributed by atoms with E-state index in [0.717, 1.165) is 18.4 Å². The summed E-state index contributed by atoms with van der Waals surface area (Å²) in [4.78, 5) is 26.3. The molecule has 0 aliphatic heterocycles. The van der Waals surface area contributed by atoms with E-state index in [-0.39, 0.29) is 30.3 Å². The Balaban J connectivity index is 2.23. The molecule has 25 heavy (non-hydrogen) atoms. The van der Waals surface area contributed by atoms with Crippen molar-refractivity contribution in [1.82, 2.24) is 10.2 Å². The Morgan fingerprint density at radius 1 is 1.36 bits per heavy atom. The van der Waals surface area contributed by atoms with Crippen molar-refractivity contribution in [2.24, 2.45) is 11.7 Å². The van der Waals surface area contributed by atoms with Gasteiger partial charge in [0.25, 0.3) is 0 Å². The van der Waals surface area contributed by atoms with E-state index in [4.69, 9.17) is 5.73 Å². The molecule has 0 radical (unpaired) electrons. The summed E-state index contributed by atoms with van der Waals surface area (Å²) < 4.78 is 0. The van der Waals surface area contributed by atoms with E-state index in [1.54, 1.807) is 11.9 Å². The van der Waals surface area contributed by atoms with Gasteiger partial charge in [0.05, 0.1) is 12.6 Å². The highest BCUT2D eigenvalue weighted by Crippen LogP contribution is 2.41. The van der Waals surface area contributed by atoms with Gasteiger partial charge in [0.1, 0.15) is 11.6 Å². The van der Waals surface area contributed by atoms with E-state index in [1.807, 2.05) is 44.2 Å². The number of nitrogens with zero attached hydrogens (tertiary/aromatic N) is 1. The standard InChI is InChI=1S/C19H29N3O3/c1-13(2)17(21-16(23)12-20)18(24)22(3)15-10-7-11-19(15,25)14-8-5-4-6-9-14/h4-6,8-9,13,15,17,25H,7,10-12,20H2,1-3H3,(H,21,23)/t15-,17-,19-/m1/s1. The third-order valence-corrected chi connectivity index (χ3v) is 5.11. The lowest BCUT2D eigenvalue weighted by Crippen LogP contribution is -2.56. The Morgan fingerprint density at radius 3 is 2.56 bits per heavy atom. The molecule has 1 aromatic rings. The number of nitrogens with two attached hydrogens (primary N) is 1. The Bertz CT molecular complexity index is 605. The third kappa shape index (κ3) is 4.02. The van der Waals surface area contributed by atoms with E-state index in [9.17, 15) is 14.7 Å². The van der Waals surface area contributed by atoms with Gasteiger partial charge in [-0.1, -0.05) is 44.2 Å². The fourth-order valence-corrected chi connectivity index (χ4v) is 3.67. The normalized spacial score (nSPS) is 24.2. The first-order valence-electron chi connectivity index (χ1n) is 8.85. The van der Waals surface area contributed by atoms with Gasteiger partial charge in [-0.2, -0.15) is 0 Å². The molecule has 0 aromatic heterocycles. The maximum absolute atomic E-state index is 13.0. The van der Waals surface area contributed by atoms with Crippen molar-refractivity contribution in [2.75, 3.05) is 13.6 Å². The van der Waals surface area contributed by atoms with Crippen LogP contribution in [0.5, 0.6) is 0 Å². The predicted octanol–water partition coefficient (Wildman–Crippen LogP) is 0.985. The van der Waals surface area contributed by atoms with Gasteiger partial charge in [-0.15, -0.1) is 0 Å². The molecule has 1 saturated carbocycles. The van der Waals surface area contributed by atoms with Crippen LogP contribution in [0, 0.1) is 5.92 Å². The second-order valence-electron chi connectivity index (χ2n) is 7.14. The molecule has 1 fully saturated rings. The molecule has 0 unspecified atom stereocenters. The highest BCUT2D eigenvalue weighted by atomic mass is 16.3. The second-order valence-corrected chi connectivity index (χ2v) is 7.14. The molecular formula is C19H29N3O3. The lowest BCUT2D eigenvalue weighted by Gasteiger charge is -2.39. The first kappa shape index (κ1) is 19.4. The van der Waals surface area contributed by atoms with E-state index in [1.165, 1.54) is 0 Å². The molecule has 0 heterocycles. The van der Waals surface area contributed by atoms with Crippen LogP contribution >= 0.6 is 0 Å². The van der Waals surface area contributed by atoms with Crippen molar-refractivity contribution in [2.45, 2.75) is 50.8 Å². The highest BCUT2D eigenvalue weighted by molar-refractivity contribution is 5.88. The number of benzene rings is 1. The van der Waals surface area contributed by atoms with E-state index in [2.05, 4.69) is 5.32 Å². The van der Waals surface area contributed by atoms with Crippen molar-refractivity contribution in [3.63, 3.8) is 0 Å². The maximum atomic E-state index is 13.0. The van der Waals surface area contributed by atoms with Crippen LogP contribution < -0.4 is 11.1 Å². The van der Waals surface area contributed by atoms with Gasteiger partial charge < -0.3 is 21.1 Å². The molecule has 1 aliphatic rings. The van der Waals surface area contributed by atoms with Crippen LogP contribution in [0.25, 0.3) is 0 Å². The van der Waals surface area contributed by atoms with Gasteiger partial charge >= 0.3 is 0 Å². The van der Waals surface area contributed by atoms with Crippen LogP contribution in [0.3, 0.4) is 0 Å². The quantitative estimate of drug-likeness (QED) is 0.715. The van der Waals surface area contributed by atoms with Gasteiger partial charge in [0, 0.05) is 7.05 Å². The number of rotatable bonds is 6. The molecular weight excluding hydrogens is 318 g/mol. The molecule has 2 amide bonds. The zero-order valence-corrected chi connectivity index (χ0v) is 15.2. The molecule has 3 atom stereocenters. The van der Waals surface area contributed by atoms with Crippen LogP contribution in [-0.2, 0) is 15.2 Å². The van der Waals surface area contributed by atoms with E-state index in [0.29, 0.717) is 6.42 Å². The smallest absolute Gasteiger partial charge is 0.245 e. The van der Waals surface area contributed by atoms with Gasteiger partial charge in [0.15, 0.2) is 0 Å². The summed E-state index contributed by atoms with van der Waals surface area (Å²) in [5, 5.41) is 14.0. The molecule has 1 aliphatic carbocycles. The van der Waals surface area contributed by atoms with Gasteiger partial charge in [0.2, 0.25) is 11.8 Å². The Kier molecular flexibility index (Phi) is 6.19. The Hall–Kier alpha value is -1.92. The summed E-state index contributed by atoms with van der Waals surface area (Å²) in [5.41, 5.74) is 5.12. The van der Waals surface area contributed by atoms with Gasteiger partial charge in [-0.05, 0) is 30.7 Å². The van der Waals surface area contributed by atoms with Crippen LogP contribution in [0.15, 0.2) is 30.3 Å². The summed E-state index contributed by atoms with van der Waals surface area (Å²) in [6.45, 7) is 3.61. The minimum atomic E-state index is -1.06. The van der Waals surface area contributed by atoms with Crippen molar-refractivity contribution in [1.29, 1.82) is 0 Å². The van der Waals surface area contributed by atoms with Crippen molar-refractivity contribution in [3.8, 4) is 0 Å². The second kappa shape index (κ2) is 7.97. The van der Waals surface area contributed by atoms with Crippen molar-refractivity contribution >= 4 is 11.8 Å². The average Bonchev–Trinajstić information content (AvgIpc) is 3.01. The van der Waals surface area contributed by atoms with Gasteiger partial charge in [-0.3, -0.25) is 9.59 Å². The Morgan fingerprint density at radius 2 is 2.00 bits per heavy atom. The van der Waals surface area contributed by atoms with E-state index >= 15 is 0 Å². The molecule has 6 nitrogen and oxygen atoms in total. The largest absolute Gasteiger partial charge is 0.383 e. The molecule has 0 saturated heterocycles. The highest BCUT2D eigenvalue weighted by Gasteiger charge is 2.47. The SMILES string of the molecule is CC(C)[C@@H](NC(=O)CN)C(=O)N(C)[C@@H]1CCC[C@@]1(O)c1ccccc1. The van der Waals surface area contributed by atoms with E-state index < -0.39 is 11.6 Å². The van der Waals surface area contributed by atoms with Crippen LogP contribution in [-0.4, -0.2) is 47.5 Å². The molecule has 0 spiro atoms. The Labute approximate surface area is 149 Å². The topological polar surface area (TPSA) is 95.7 Å². The zero-order valence-electron chi connectivity index (χ0n) is 15.2. The molecule has 4 N–H and O–H groups in total. The molecule has 6 heteroatoms. The summed E-state index contributed by atoms with van der Waals surface area (Å²) >= 11 is 0. The predicted molar refractivity (Wildman–Crippen MR) is 96.6 cm³/mol. The number of likely N-dealkylation sites (N-methyl/N-ethyl adjacent to an activating group) is 1. The van der Waals surface area contributed by atoms with Gasteiger partial charge in [-0.25, -0.2) is 0 Å².